The topological polar surface area (TPSA) is 113 Å². The first kappa shape index (κ1) is 13.1. The van der Waals surface area contributed by atoms with Crippen molar-refractivity contribution >= 4 is 0 Å². The van der Waals surface area contributed by atoms with Crippen LogP contribution in [-0.4, -0.2) is 6.61 Å². The quantitative estimate of drug-likeness (QED) is 0.403. The Labute approximate surface area is 66.3 Å². The van der Waals surface area contributed by atoms with Gasteiger partial charge in [0.1, 0.15) is 0 Å². The van der Waals surface area contributed by atoms with E-state index in [1.807, 2.05) is 6.92 Å². The third-order valence-corrected chi connectivity index (χ3v) is 1.91. The molecule has 0 heterocycles. The number of unbranched alkanes of at least 4 members (excludes halogenated alkanes) is 1. The van der Waals surface area contributed by atoms with E-state index in [0.29, 0.717) is 6.42 Å². The van der Waals surface area contributed by atoms with Crippen molar-refractivity contribution in [1.82, 2.24) is 6.15 Å². The van der Waals surface area contributed by atoms with E-state index in [-0.39, 0.29) is 12.8 Å². The first-order valence-electron chi connectivity index (χ1n) is 2.61. The van der Waals surface area contributed by atoms with Crippen molar-refractivity contribution in [2.75, 3.05) is 6.61 Å². The molecule has 3 N–H and O–H groups in total. The zero-order chi connectivity index (χ0) is 7.33. The molecular formula is C4H12INO4. The molecule has 5 nitrogen and oxygen atoms in total. The Morgan fingerprint density at radius 1 is 1.30 bits per heavy atom. The van der Waals surface area contributed by atoms with Crippen LogP contribution in [0.1, 0.15) is 19.8 Å². The smallest absolute Gasteiger partial charge is 0.344 e. The highest BCUT2D eigenvalue weighted by Gasteiger charge is 2.24. The van der Waals surface area contributed by atoms with Gasteiger partial charge in [-0.25, -0.2) is 0 Å². The van der Waals surface area contributed by atoms with Gasteiger partial charge in [-0.1, -0.05) is 13.3 Å². The normalized spacial score (nSPS) is 10.8. The molecule has 0 aromatic carbocycles. The fraction of sp³-hybridized carbons (Fsp3) is 1.00. The van der Waals surface area contributed by atoms with Crippen molar-refractivity contribution in [3.8, 4) is 0 Å². The van der Waals surface area contributed by atoms with Gasteiger partial charge in [0, 0.05) is 3.07 Å². The summed E-state index contributed by atoms with van der Waals surface area (Å²) in [5.74, 6) is 0. The van der Waals surface area contributed by atoms with Crippen molar-refractivity contribution in [3.05, 3.63) is 0 Å². The Bertz CT molecular complexity index is 74.1. The summed E-state index contributed by atoms with van der Waals surface area (Å²) >= 11 is -5.31. The van der Waals surface area contributed by atoms with Gasteiger partial charge >= 0.3 is 20.1 Å². The minimum absolute atomic E-state index is 0. The lowest BCUT2D eigenvalue weighted by molar-refractivity contribution is -1.92. The van der Waals surface area contributed by atoms with Crippen molar-refractivity contribution in [2.45, 2.75) is 19.8 Å². The van der Waals surface area contributed by atoms with Crippen molar-refractivity contribution in [1.29, 1.82) is 0 Å². The van der Waals surface area contributed by atoms with Crippen LogP contribution in [0.2, 0.25) is 0 Å². The molecule has 0 radical (unpaired) electrons. The van der Waals surface area contributed by atoms with E-state index in [9.17, 15) is 10.3 Å². The van der Waals surface area contributed by atoms with Crippen LogP contribution in [0, 0.1) is 0 Å². The molecule has 0 bridgehead atoms. The molecule has 0 aliphatic carbocycles. The number of halogens is 1. The van der Waals surface area contributed by atoms with Gasteiger partial charge in [-0.05, 0) is 6.42 Å². The van der Waals surface area contributed by atoms with Crippen LogP contribution in [0.5, 0.6) is 0 Å². The SMILES string of the molecule is CCCCO[I+3]([O-])([O-])[O-].N. The highest BCUT2D eigenvalue weighted by Crippen LogP contribution is 1.81. The summed E-state index contributed by atoms with van der Waals surface area (Å²) in [6, 6.07) is 0. The highest BCUT2D eigenvalue weighted by molar-refractivity contribution is 4.24. The summed E-state index contributed by atoms with van der Waals surface area (Å²) in [5, 5.41) is 0. The molecule has 0 saturated carbocycles. The van der Waals surface area contributed by atoms with Crippen LogP contribution in [-0.2, 0) is 3.07 Å². The average Bonchev–Trinajstić information content (AvgIpc) is 1.63. The van der Waals surface area contributed by atoms with Gasteiger partial charge in [0.25, 0.3) is 0 Å². The lowest BCUT2D eigenvalue weighted by atomic mass is 10.4. The Morgan fingerprint density at radius 2 is 1.80 bits per heavy atom. The van der Waals surface area contributed by atoms with Gasteiger partial charge in [-0.15, -0.1) is 0 Å². The van der Waals surface area contributed by atoms with Gasteiger partial charge in [-0.2, -0.15) is 0 Å². The molecule has 0 unspecified atom stereocenters. The molecule has 10 heavy (non-hydrogen) atoms. The summed E-state index contributed by atoms with van der Waals surface area (Å²) < 4.78 is 33.5. The van der Waals surface area contributed by atoms with E-state index in [4.69, 9.17) is 0 Å². The van der Waals surface area contributed by atoms with Crippen molar-refractivity contribution < 1.29 is 33.5 Å². The molecule has 0 amide bonds. The van der Waals surface area contributed by atoms with Crippen LogP contribution in [0.4, 0.5) is 0 Å². The maximum Gasteiger partial charge on any atom is 0.372 e. The van der Waals surface area contributed by atoms with E-state index in [1.54, 1.807) is 0 Å². The zero-order valence-corrected chi connectivity index (χ0v) is 8.00. The molecule has 0 aliphatic rings. The summed E-state index contributed by atoms with van der Waals surface area (Å²) in [6.45, 7) is 1.93. The molecule has 0 atom stereocenters. The Kier molecular flexibility index (Phi) is 8.22. The van der Waals surface area contributed by atoms with Gasteiger partial charge in [0.15, 0.2) is 6.61 Å². The van der Waals surface area contributed by atoms with Crippen LogP contribution < -0.4 is 36.6 Å². The second kappa shape index (κ2) is 6.25. The monoisotopic (exact) mass is 265 g/mol. The van der Waals surface area contributed by atoms with E-state index in [2.05, 4.69) is 3.07 Å². The van der Waals surface area contributed by atoms with E-state index in [0.717, 1.165) is 6.42 Å². The van der Waals surface area contributed by atoms with Crippen LogP contribution in [0.15, 0.2) is 0 Å². The number of hydrogen-bond acceptors (Lipinski definition) is 5. The molecule has 0 spiro atoms. The minimum atomic E-state index is -5.31. The summed E-state index contributed by atoms with van der Waals surface area (Å²) in [7, 11) is 0. The first-order valence-corrected chi connectivity index (χ1v) is 6.14. The third kappa shape index (κ3) is 11.3. The van der Waals surface area contributed by atoms with E-state index >= 15 is 0 Å². The molecule has 0 aromatic heterocycles. The molecule has 0 fully saturated rings. The second-order valence-corrected chi connectivity index (χ2v) is 4.33. The molecule has 6 heteroatoms. The number of rotatable bonds is 4. The predicted molar refractivity (Wildman–Crippen MR) is 25.9 cm³/mol. The summed E-state index contributed by atoms with van der Waals surface area (Å²) in [6.07, 6.45) is 1.45. The van der Waals surface area contributed by atoms with Crippen LogP contribution in [0.25, 0.3) is 0 Å². The lowest BCUT2D eigenvalue weighted by Gasteiger charge is -2.03. The first-order chi connectivity index (χ1) is 4.06. The van der Waals surface area contributed by atoms with Crippen LogP contribution >= 0.6 is 0 Å². The van der Waals surface area contributed by atoms with Crippen LogP contribution in [0.3, 0.4) is 0 Å². The third-order valence-electron chi connectivity index (χ3n) is 0.709. The zero-order valence-electron chi connectivity index (χ0n) is 5.84. The maximum absolute atomic E-state index is 9.82. The van der Waals surface area contributed by atoms with Gasteiger partial charge in [-0.3, -0.25) is 10.3 Å². The Morgan fingerprint density at radius 3 is 2.10 bits per heavy atom. The summed E-state index contributed by atoms with van der Waals surface area (Å²) in [4.78, 5) is 0. The molecule has 0 rings (SSSR count). The minimum Gasteiger partial charge on any atom is -0.344 e. The largest absolute Gasteiger partial charge is 0.372 e. The molecular weight excluding hydrogens is 253 g/mol. The predicted octanol–water partition coefficient (Wildman–Crippen LogP) is -5.13. The highest BCUT2D eigenvalue weighted by atomic mass is 127. The van der Waals surface area contributed by atoms with Crippen molar-refractivity contribution in [3.63, 3.8) is 0 Å². The molecule has 0 aromatic rings. The lowest BCUT2D eigenvalue weighted by Crippen LogP contribution is -4.24. The van der Waals surface area contributed by atoms with E-state index < -0.39 is 20.1 Å². The van der Waals surface area contributed by atoms with E-state index in [1.165, 1.54) is 0 Å². The summed E-state index contributed by atoms with van der Waals surface area (Å²) in [5.41, 5.74) is 0. The molecule has 0 saturated heterocycles. The second-order valence-electron chi connectivity index (χ2n) is 1.54. The van der Waals surface area contributed by atoms with Crippen molar-refractivity contribution in [2.24, 2.45) is 0 Å². The molecule has 64 valence electrons. The fourth-order valence-corrected chi connectivity index (χ4v) is 1.14. The van der Waals surface area contributed by atoms with Gasteiger partial charge < -0.3 is 6.15 Å². The maximum atomic E-state index is 9.82. The fourth-order valence-electron chi connectivity index (χ4n) is 0.293. The number of hydrogen-bond donors (Lipinski definition) is 1. The average molecular weight is 265 g/mol. The van der Waals surface area contributed by atoms with Gasteiger partial charge in [0.05, 0.1) is 0 Å². The Hall–Kier alpha value is 0.530. The Balaban J connectivity index is 0. The standard InChI is InChI=1S/C4H9IO4.H3N/c1-2-3-4-9-5(6,7)8;/h2-4H2,1H3;1H3. The van der Waals surface area contributed by atoms with Gasteiger partial charge in [0.2, 0.25) is 0 Å². The molecule has 0 aliphatic heterocycles.